The third kappa shape index (κ3) is 3.61. The molecule has 1 rings (SSSR count). The fourth-order valence-electron chi connectivity index (χ4n) is 1.30. The number of rotatable bonds is 5. The van der Waals surface area contributed by atoms with Gasteiger partial charge >= 0.3 is 0 Å². The van der Waals surface area contributed by atoms with E-state index in [4.69, 9.17) is 5.73 Å². The van der Waals surface area contributed by atoms with Crippen LogP contribution < -0.4 is 5.73 Å². The summed E-state index contributed by atoms with van der Waals surface area (Å²) in [6.45, 7) is 6.03. The van der Waals surface area contributed by atoms with E-state index in [1.807, 2.05) is 12.4 Å². The third-order valence-electron chi connectivity index (χ3n) is 3.02. The topological polar surface area (TPSA) is 42.2 Å². The Bertz CT molecular complexity index is 282. The Morgan fingerprint density at radius 3 is 2.47 bits per heavy atom. The van der Waals surface area contributed by atoms with Gasteiger partial charge in [-0.25, -0.2) is 0 Å². The second-order valence-electron chi connectivity index (χ2n) is 4.54. The van der Waals surface area contributed by atoms with E-state index >= 15 is 0 Å². The van der Waals surface area contributed by atoms with Crippen LogP contribution in [0.2, 0.25) is 0 Å². The average Bonchev–Trinajstić information content (AvgIpc) is 2.27. The van der Waals surface area contributed by atoms with Crippen LogP contribution in [0.25, 0.3) is 0 Å². The van der Waals surface area contributed by atoms with Gasteiger partial charge < -0.3 is 5.73 Å². The molecule has 0 bridgehead atoms. The first-order chi connectivity index (χ1) is 7.06. The zero-order valence-electron chi connectivity index (χ0n) is 9.90. The number of hydrogen-bond acceptors (Lipinski definition) is 3. The van der Waals surface area contributed by atoms with E-state index in [0.29, 0.717) is 6.54 Å². The highest BCUT2D eigenvalue weighted by molar-refractivity contribution is 5.10. The van der Waals surface area contributed by atoms with Crippen molar-refractivity contribution in [1.82, 2.24) is 9.88 Å². The van der Waals surface area contributed by atoms with Gasteiger partial charge in [0.05, 0.1) is 0 Å². The van der Waals surface area contributed by atoms with Gasteiger partial charge in [0.15, 0.2) is 0 Å². The molecule has 0 saturated heterocycles. The molecule has 0 saturated carbocycles. The summed E-state index contributed by atoms with van der Waals surface area (Å²) in [6.07, 6.45) is 4.72. The van der Waals surface area contributed by atoms with Crippen LogP contribution in [0.1, 0.15) is 19.4 Å². The maximum atomic E-state index is 5.72. The Balaban J connectivity index is 2.44. The van der Waals surface area contributed by atoms with Gasteiger partial charge in [-0.3, -0.25) is 9.88 Å². The predicted octanol–water partition coefficient (Wildman–Crippen LogP) is 1.29. The normalized spacial score (nSPS) is 12.1. The number of aromatic nitrogens is 1. The molecule has 0 aliphatic rings. The van der Waals surface area contributed by atoms with Crippen molar-refractivity contribution in [3.8, 4) is 0 Å². The molecule has 0 fully saturated rings. The summed E-state index contributed by atoms with van der Waals surface area (Å²) < 4.78 is 0. The van der Waals surface area contributed by atoms with Gasteiger partial charge in [-0.2, -0.15) is 0 Å². The van der Waals surface area contributed by atoms with E-state index in [1.165, 1.54) is 5.56 Å². The number of hydrogen-bond donors (Lipinski definition) is 1. The highest BCUT2D eigenvalue weighted by Crippen LogP contribution is 2.10. The summed E-state index contributed by atoms with van der Waals surface area (Å²) in [6, 6.07) is 4.12. The molecule has 1 aromatic heterocycles. The van der Waals surface area contributed by atoms with Gasteiger partial charge in [0.1, 0.15) is 0 Å². The van der Waals surface area contributed by atoms with Crippen molar-refractivity contribution >= 4 is 0 Å². The molecule has 0 amide bonds. The lowest BCUT2D eigenvalue weighted by molar-refractivity contribution is 0.166. The van der Waals surface area contributed by atoms with Crippen LogP contribution in [0.4, 0.5) is 0 Å². The third-order valence-corrected chi connectivity index (χ3v) is 3.02. The molecule has 1 aromatic rings. The lowest BCUT2D eigenvalue weighted by Gasteiger charge is -2.34. The van der Waals surface area contributed by atoms with Crippen molar-refractivity contribution in [2.75, 3.05) is 20.1 Å². The van der Waals surface area contributed by atoms with Crippen molar-refractivity contribution in [2.24, 2.45) is 5.73 Å². The van der Waals surface area contributed by atoms with Gasteiger partial charge in [-0.15, -0.1) is 0 Å². The summed E-state index contributed by atoms with van der Waals surface area (Å²) in [5.41, 5.74) is 7.12. The Labute approximate surface area is 92.3 Å². The van der Waals surface area contributed by atoms with E-state index in [-0.39, 0.29) is 5.54 Å². The highest BCUT2D eigenvalue weighted by atomic mass is 15.2. The summed E-state index contributed by atoms with van der Waals surface area (Å²) >= 11 is 0. The van der Waals surface area contributed by atoms with Crippen molar-refractivity contribution in [3.05, 3.63) is 30.1 Å². The molecule has 0 radical (unpaired) electrons. The minimum absolute atomic E-state index is 0.0764. The number of pyridine rings is 1. The lowest BCUT2D eigenvalue weighted by atomic mass is 10.0. The maximum Gasteiger partial charge on any atom is 0.0272 e. The molecule has 0 aliphatic carbocycles. The maximum absolute atomic E-state index is 5.72. The molecule has 84 valence electrons. The van der Waals surface area contributed by atoms with Crippen LogP contribution in [0, 0.1) is 0 Å². The van der Waals surface area contributed by atoms with Gasteiger partial charge in [-0.05, 0) is 45.0 Å². The van der Waals surface area contributed by atoms with Gasteiger partial charge in [0.2, 0.25) is 0 Å². The molecule has 0 spiro atoms. The molecule has 3 nitrogen and oxygen atoms in total. The van der Waals surface area contributed by atoms with Crippen LogP contribution in [0.3, 0.4) is 0 Å². The van der Waals surface area contributed by atoms with Crippen LogP contribution in [-0.2, 0) is 6.42 Å². The van der Waals surface area contributed by atoms with E-state index in [9.17, 15) is 0 Å². The Kier molecular flexibility index (Phi) is 4.24. The quantitative estimate of drug-likeness (QED) is 0.791. The van der Waals surface area contributed by atoms with Crippen LogP contribution in [-0.4, -0.2) is 35.6 Å². The molecule has 2 N–H and O–H groups in total. The molecule has 0 unspecified atom stereocenters. The van der Waals surface area contributed by atoms with Crippen molar-refractivity contribution in [1.29, 1.82) is 0 Å². The van der Waals surface area contributed by atoms with E-state index in [2.05, 4.69) is 42.9 Å². The number of nitrogens with zero attached hydrogens (tertiary/aromatic N) is 2. The van der Waals surface area contributed by atoms with Gasteiger partial charge in [-0.1, -0.05) is 0 Å². The summed E-state index contributed by atoms with van der Waals surface area (Å²) in [7, 11) is 2.12. The predicted molar refractivity (Wildman–Crippen MR) is 63.7 cm³/mol. The molecular formula is C12H21N3. The van der Waals surface area contributed by atoms with Crippen LogP contribution in [0.15, 0.2) is 24.5 Å². The molecule has 0 atom stereocenters. The van der Waals surface area contributed by atoms with Crippen molar-refractivity contribution in [2.45, 2.75) is 25.8 Å². The van der Waals surface area contributed by atoms with E-state index in [1.54, 1.807) is 0 Å². The molecular weight excluding hydrogens is 186 g/mol. The van der Waals surface area contributed by atoms with Crippen LogP contribution in [0.5, 0.6) is 0 Å². The molecule has 0 aliphatic heterocycles. The first kappa shape index (κ1) is 12.1. The number of likely N-dealkylation sites (N-methyl/N-ethyl adjacent to an activating group) is 1. The molecule has 1 heterocycles. The van der Waals surface area contributed by atoms with E-state index < -0.39 is 0 Å². The van der Waals surface area contributed by atoms with E-state index in [0.717, 1.165) is 13.0 Å². The standard InChI is InChI=1S/C12H21N3/c1-12(2,10-13)15(3)9-6-11-4-7-14-8-5-11/h4-5,7-8H,6,9-10,13H2,1-3H3. The second-order valence-corrected chi connectivity index (χ2v) is 4.54. The average molecular weight is 207 g/mol. The smallest absolute Gasteiger partial charge is 0.0272 e. The zero-order valence-corrected chi connectivity index (χ0v) is 9.90. The van der Waals surface area contributed by atoms with Crippen LogP contribution >= 0.6 is 0 Å². The first-order valence-corrected chi connectivity index (χ1v) is 5.36. The van der Waals surface area contributed by atoms with Gasteiger partial charge in [0, 0.05) is 31.0 Å². The fraction of sp³-hybridized carbons (Fsp3) is 0.583. The summed E-state index contributed by atoms with van der Waals surface area (Å²) in [4.78, 5) is 6.30. The highest BCUT2D eigenvalue weighted by Gasteiger charge is 2.20. The minimum Gasteiger partial charge on any atom is -0.329 e. The van der Waals surface area contributed by atoms with Gasteiger partial charge in [0.25, 0.3) is 0 Å². The Morgan fingerprint density at radius 1 is 1.33 bits per heavy atom. The second kappa shape index (κ2) is 5.24. The summed E-state index contributed by atoms with van der Waals surface area (Å²) in [5.74, 6) is 0. The lowest BCUT2D eigenvalue weighted by Crippen LogP contribution is -2.47. The van der Waals surface area contributed by atoms with Crippen molar-refractivity contribution < 1.29 is 0 Å². The SMILES string of the molecule is CN(CCc1ccncc1)C(C)(C)CN. The largest absolute Gasteiger partial charge is 0.329 e. The number of nitrogens with two attached hydrogens (primary N) is 1. The monoisotopic (exact) mass is 207 g/mol. The minimum atomic E-state index is 0.0764. The molecule has 3 heteroatoms. The molecule has 15 heavy (non-hydrogen) atoms. The fourth-order valence-corrected chi connectivity index (χ4v) is 1.30. The Hall–Kier alpha value is -0.930. The first-order valence-electron chi connectivity index (χ1n) is 5.36. The molecule has 0 aromatic carbocycles. The van der Waals surface area contributed by atoms with Crippen molar-refractivity contribution in [3.63, 3.8) is 0 Å². The zero-order chi connectivity index (χ0) is 11.3. The summed E-state index contributed by atoms with van der Waals surface area (Å²) in [5, 5.41) is 0. The Morgan fingerprint density at radius 2 is 1.93 bits per heavy atom.